The van der Waals surface area contributed by atoms with Crippen molar-refractivity contribution in [1.82, 2.24) is 4.90 Å². The zero-order chi connectivity index (χ0) is 17.4. The van der Waals surface area contributed by atoms with E-state index in [0.29, 0.717) is 24.7 Å². The van der Waals surface area contributed by atoms with E-state index in [1.165, 1.54) is 18.2 Å². The van der Waals surface area contributed by atoms with Gasteiger partial charge in [-0.15, -0.1) is 0 Å². The van der Waals surface area contributed by atoms with Gasteiger partial charge in [-0.1, -0.05) is 6.92 Å². The Morgan fingerprint density at radius 1 is 1.42 bits per heavy atom. The highest BCUT2D eigenvalue weighted by molar-refractivity contribution is 6.04. The SMILES string of the molecule is CC(O)C1CCN(C(=O)c2cc(F)ccc2NC(=O)C2CC2C)C1. The van der Waals surface area contributed by atoms with E-state index in [9.17, 15) is 19.1 Å². The van der Waals surface area contributed by atoms with Crippen LogP contribution in [-0.2, 0) is 4.79 Å². The molecular formula is C18H23FN2O3. The number of halogens is 1. The van der Waals surface area contributed by atoms with Gasteiger partial charge < -0.3 is 15.3 Å². The first-order valence-corrected chi connectivity index (χ1v) is 8.44. The number of nitrogens with zero attached hydrogens (tertiary/aromatic N) is 1. The average Bonchev–Trinajstić information content (AvgIpc) is 3.08. The Kier molecular flexibility index (Phi) is 4.58. The summed E-state index contributed by atoms with van der Waals surface area (Å²) in [7, 11) is 0. The molecule has 4 atom stereocenters. The number of carbonyl (C=O) groups excluding carboxylic acids is 2. The summed E-state index contributed by atoms with van der Waals surface area (Å²) in [6.07, 6.45) is 1.09. The zero-order valence-corrected chi connectivity index (χ0v) is 14.0. The van der Waals surface area contributed by atoms with Crippen LogP contribution in [0.15, 0.2) is 18.2 Å². The summed E-state index contributed by atoms with van der Waals surface area (Å²) >= 11 is 0. The van der Waals surface area contributed by atoms with Crippen LogP contribution < -0.4 is 5.32 Å². The third-order valence-electron chi connectivity index (χ3n) is 5.11. The first kappa shape index (κ1) is 16.9. The van der Waals surface area contributed by atoms with Gasteiger partial charge >= 0.3 is 0 Å². The maximum Gasteiger partial charge on any atom is 0.256 e. The molecule has 5 nitrogen and oxygen atoms in total. The van der Waals surface area contributed by atoms with Crippen LogP contribution in [0.1, 0.15) is 37.0 Å². The predicted octanol–water partition coefficient (Wildman–Crippen LogP) is 2.26. The predicted molar refractivity (Wildman–Crippen MR) is 88.0 cm³/mol. The summed E-state index contributed by atoms with van der Waals surface area (Å²) in [5.41, 5.74) is 0.522. The number of rotatable bonds is 4. The quantitative estimate of drug-likeness (QED) is 0.887. The molecule has 130 valence electrons. The van der Waals surface area contributed by atoms with E-state index in [0.717, 1.165) is 12.8 Å². The molecular weight excluding hydrogens is 311 g/mol. The number of hydrogen-bond donors (Lipinski definition) is 2. The summed E-state index contributed by atoms with van der Waals surface area (Å²) in [6.45, 7) is 4.68. The smallest absolute Gasteiger partial charge is 0.256 e. The lowest BCUT2D eigenvalue weighted by Crippen LogP contribution is -2.31. The molecule has 1 heterocycles. The van der Waals surface area contributed by atoms with Gasteiger partial charge in [0.25, 0.3) is 5.91 Å². The molecule has 2 amide bonds. The first-order valence-electron chi connectivity index (χ1n) is 8.44. The molecule has 0 aromatic heterocycles. The van der Waals surface area contributed by atoms with Crippen LogP contribution in [0.3, 0.4) is 0 Å². The molecule has 1 aromatic carbocycles. The van der Waals surface area contributed by atoms with Crippen molar-refractivity contribution in [2.45, 2.75) is 32.8 Å². The van der Waals surface area contributed by atoms with Gasteiger partial charge in [0.1, 0.15) is 5.82 Å². The van der Waals surface area contributed by atoms with E-state index < -0.39 is 11.9 Å². The molecule has 0 bridgehead atoms. The van der Waals surface area contributed by atoms with Gasteiger partial charge in [0.05, 0.1) is 17.4 Å². The van der Waals surface area contributed by atoms with Crippen molar-refractivity contribution in [2.24, 2.45) is 17.8 Å². The molecule has 1 aliphatic heterocycles. The van der Waals surface area contributed by atoms with E-state index in [-0.39, 0.29) is 29.2 Å². The molecule has 1 saturated carbocycles. The number of benzene rings is 1. The van der Waals surface area contributed by atoms with E-state index in [4.69, 9.17) is 0 Å². The third-order valence-corrected chi connectivity index (χ3v) is 5.11. The van der Waals surface area contributed by atoms with Gasteiger partial charge in [-0.3, -0.25) is 9.59 Å². The highest BCUT2D eigenvalue weighted by Gasteiger charge is 2.39. The van der Waals surface area contributed by atoms with Crippen LogP contribution in [0.4, 0.5) is 10.1 Å². The summed E-state index contributed by atoms with van der Waals surface area (Å²) in [5, 5.41) is 12.4. The Hall–Kier alpha value is -1.95. The topological polar surface area (TPSA) is 69.6 Å². The second-order valence-corrected chi connectivity index (χ2v) is 7.04. The summed E-state index contributed by atoms with van der Waals surface area (Å²) in [5.74, 6) is -0.571. The van der Waals surface area contributed by atoms with E-state index in [1.807, 2.05) is 6.92 Å². The van der Waals surface area contributed by atoms with Crippen LogP contribution in [-0.4, -0.2) is 41.0 Å². The first-order chi connectivity index (χ1) is 11.4. The lowest BCUT2D eigenvalue weighted by molar-refractivity contribution is -0.117. The van der Waals surface area contributed by atoms with Crippen molar-refractivity contribution in [3.63, 3.8) is 0 Å². The number of likely N-dealkylation sites (tertiary alicyclic amines) is 1. The van der Waals surface area contributed by atoms with Gasteiger partial charge in [-0.25, -0.2) is 4.39 Å². The highest BCUT2D eigenvalue weighted by Crippen LogP contribution is 2.38. The van der Waals surface area contributed by atoms with Crippen LogP contribution in [0.25, 0.3) is 0 Å². The number of amides is 2. The standard InChI is InChI=1S/C18H23FN2O3/c1-10-7-14(10)17(23)20-16-4-3-13(19)8-15(16)18(24)21-6-5-12(9-21)11(2)22/h3-4,8,10-12,14,22H,5-7,9H2,1-2H3,(H,20,23). The maximum absolute atomic E-state index is 13.6. The molecule has 2 N–H and O–H groups in total. The molecule has 0 spiro atoms. The molecule has 1 saturated heterocycles. The van der Waals surface area contributed by atoms with E-state index in [1.54, 1.807) is 11.8 Å². The van der Waals surface area contributed by atoms with Crippen LogP contribution in [0, 0.1) is 23.6 Å². The average molecular weight is 334 g/mol. The van der Waals surface area contributed by atoms with Crippen molar-refractivity contribution < 1.29 is 19.1 Å². The van der Waals surface area contributed by atoms with Crippen molar-refractivity contribution in [1.29, 1.82) is 0 Å². The van der Waals surface area contributed by atoms with Crippen LogP contribution in [0.2, 0.25) is 0 Å². The van der Waals surface area contributed by atoms with Crippen molar-refractivity contribution in [3.05, 3.63) is 29.6 Å². The van der Waals surface area contributed by atoms with Gasteiger partial charge in [-0.05, 0) is 43.9 Å². The number of hydrogen-bond acceptors (Lipinski definition) is 3. The molecule has 6 heteroatoms. The molecule has 24 heavy (non-hydrogen) atoms. The minimum Gasteiger partial charge on any atom is -0.393 e. The number of nitrogens with one attached hydrogen (secondary N) is 1. The van der Waals surface area contributed by atoms with Gasteiger partial charge in [-0.2, -0.15) is 0 Å². The minimum absolute atomic E-state index is 0.0237. The summed E-state index contributed by atoms with van der Waals surface area (Å²) in [6, 6.07) is 3.85. The van der Waals surface area contributed by atoms with Gasteiger partial charge in [0, 0.05) is 24.9 Å². The summed E-state index contributed by atoms with van der Waals surface area (Å²) < 4.78 is 13.6. The van der Waals surface area contributed by atoms with Crippen molar-refractivity contribution in [2.75, 3.05) is 18.4 Å². The van der Waals surface area contributed by atoms with Gasteiger partial charge in [0.15, 0.2) is 0 Å². The Bertz CT molecular complexity index is 662. The molecule has 3 rings (SSSR count). The van der Waals surface area contributed by atoms with Crippen molar-refractivity contribution in [3.8, 4) is 0 Å². The zero-order valence-electron chi connectivity index (χ0n) is 14.0. The molecule has 1 aromatic rings. The number of aliphatic hydroxyl groups excluding tert-OH is 1. The monoisotopic (exact) mass is 334 g/mol. The number of anilines is 1. The number of carbonyl (C=O) groups is 2. The second kappa shape index (κ2) is 6.51. The number of aliphatic hydroxyl groups is 1. The normalized spacial score (nSPS) is 27.0. The highest BCUT2D eigenvalue weighted by atomic mass is 19.1. The van der Waals surface area contributed by atoms with Gasteiger partial charge in [0.2, 0.25) is 5.91 Å². The van der Waals surface area contributed by atoms with E-state index >= 15 is 0 Å². The Balaban J connectivity index is 1.77. The maximum atomic E-state index is 13.6. The fraction of sp³-hybridized carbons (Fsp3) is 0.556. The minimum atomic E-state index is -0.512. The second-order valence-electron chi connectivity index (χ2n) is 7.04. The molecule has 1 aliphatic carbocycles. The Morgan fingerprint density at radius 3 is 2.71 bits per heavy atom. The molecule has 2 fully saturated rings. The molecule has 0 radical (unpaired) electrons. The summed E-state index contributed by atoms with van der Waals surface area (Å²) in [4.78, 5) is 26.5. The lowest BCUT2D eigenvalue weighted by Gasteiger charge is -2.20. The largest absolute Gasteiger partial charge is 0.393 e. The third kappa shape index (κ3) is 3.43. The van der Waals surface area contributed by atoms with Crippen molar-refractivity contribution >= 4 is 17.5 Å². The van der Waals surface area contributed by atoms with Crippen LogP contribution >= 0.6 is 0 Å². The van der Waals surface area contributed by atoms with Crippen LogP contribution in [0.5, 0.6) is 0 Å². The van der Waals surface area contributed by atoms with E-state index in [2.05, 4.69) is 5.32 Å². The Labute approximate surface area is 140 Å². The molecule has 4 unspecified atom stereocenters. The molecule has 2 aliphatic rings. The fourth-order valence-corrected chi connectivity index (χ4v) is 3.25. The Morgan fingerprint density at radius 2 is 2.12 bits per heavy atom. The lowest BCUT2D eigenvalue weighted by atomic mass is 10.0. The fourth-order valence-electron chi connectivity index (χ4n) is 3.25.